The van der Waals surface area contributed by atoms with Crippen molar-refractivity contribution in [3.63, 3.8) is 0 Å². The molecular formula is C25H22F2N2O3. The molecule has 2 heterocycles. The van der Waals surface area contributed by atoms with Crippen LogP contribution in [0.15, 0.2) is 48.7 Å². The lowest BCUT2D eigenvalue weighted by Crippen LogP contribution is -2.33. The Labute approximate surface area is 183 Å². The predicted molar refractivity (Wildman–Crippen MR) is 116 cm³/mol. The molecule has 5 nitrogen and oxygen atoms in total. The number of fused-ring (bicyclic) bond motifs is 4. The highest BCUT2D eigenvalue weighted by Crippen LogP contribution is 2.54. The second kappa shape index (κ2) is 7.29. The van der Waals surface area contributed by atoms with E-state index in [2.05, 4.69) is 4.98 Å². The van der Waals surface area contributed by atoms with E-state index in [1.54, 1.807) is 13.8 Å². The van der Waals surface area contributed by atoms with Gasteiger partial charge in [-0.05, 0) is 56.5 Å². The van der Waals surface area contributed by atoms with Gasteiger partial charge < -0.3 is 14.6 Å². The van der Waals surface area contributed by atoms with Crippen molar-refractivity contribution in [2.75, 3.05) is 6.54 Å². The first-order valence-corrected chi connectivity index (χ1v) is 10.6. The van der Waals surface area contributed by atoms with Gasteiger partial charge >= 0.3 is 5.97 Å². The Bertz CT molecular complexity index is 1290. The Balaban J connectivity index is 1.66. The Morgan fingerprint density at radius 1 is 1.09 bits per heavy atom. The number of carbonyl (C=O) groups excluding carboxylic acids is 2. The van der Waals surface area contributed by atoms with Gasteiger partial charge in [0.2, 0.25) is 0 Å². The summed E-state index contributed by atoms with van der Waals surface area (Å²) in [7, 11) is 0. The summed E-state index contributed by atoms with van der Waals surface area (Å²) in [5.41, 5.74) is 2.50. The first kappa shape index (κ1) is 20.4. The van der Waals surface area contributed by atoms with Gasteiger partial charge in [-0.1, -0.05) is 18.2 Å². The minimum Gasteiger partial charge on any atom is -0.459 e. The molecule has 0 bridgehead atoms. The number of para-hydroxylation sites is 1. The molecule has 32 heavy (non-hydrogen) atoms. The van der Waals surface area contributed by atoms with Crippen LogP contribution in [0, 0.1) is 11.6 Å². The number of aromatic nitrogens is 1. The third kappa shape index (κ3) is 3.28. The van der Waals surface area contributed by atoms with Crippen LogP contribution in [-0.2, 0) is 14.9 Å². The molecule has 1 aromatic heterocycles. The maximum Gasteiger partial charge on any atom is 0.342 e. The molecule has 1 amide bonds. The van der Waals surface area contributed by atoms with Gasteiger partial charge in [0.15, 0.2) is 11.6 Å². The summed E-state index contributed by atoms with van der Waals surface area (Å²) in [5.74, 6) is -3.16. The summed E-state index contributed by atoms with van der Waals surface area (Å²) in [6.07, 6.45) is 2.84. The summed E-state index contributed by atoms with van der Waals surface area (Å²) >= 11 is 0. The molecule has 1 aliphatic carbocycles. The first-order valence-electron chi connectivity index (χ1n) is 10.6. The molecule has 7 heteroatoms. The number of nitrogens with one attached hydrogen (secondary N) is 1. The highest BCUT2D eigenvalue weighted by Gasteiger charge is 2.51. The molecule has 3 aromatic rings. The molecule has 0 saturated heterocycles. The van der Waals surface area contributed by atoms with Gasteiger partial charge in [0.1, 0.15) is 0 Å². The molecule has 5 rings (SSSR count). The van der Waals surface area contributed by atoms with Crippen LogP contribution in [0.1, 0.15) is 48.3 Å². The molecule has 1 aliphatic heterocycles. The third-order valence-corrected chi connectivity index (χ3v) is 6.11. The number of H-pyrrole nitrogens is 1. The fourth-order valence-corrected chi connectivity index (χ4v) is 4.48. The lowest BCUT2D eigenvalue weighted by Gasteiger charge is -2.23. The normalized spacial score (nSPS) is 16.7. The number of aromatic amines is 1. The van der Waals surface area contributed by atoms with E-state index in [1.165, 1.54) is 17.2 Å². The zero-order chi connectivity index (χ0) is 22.6. The van der Waals surface area contributed by atoms with Crippen molar-refractivity contribution in [2.24, 2.45) is 0 Å². The number of ether oxygens (including phenoxy) is 1. The number of halogens is 2. The fraction of sp³-hybridized carbons (Fsp3) is 0.280. The summed E-state index contributed by atoms with van der Waals surface area (Å²) in [4.78, 5) is 31.2. The van der Waals surface area contributed by atoms with Gasteiger partial charge in [-0.25, -0.2) is 13.6 Å². The predicted octanol–water partition coefficient (Wildman–Crippen LogP) is 4.93. The molecule has 2 aromatic carbocycles. The Morgan fingerprint density at radius 2 is 1.84 bits per heavy atom. The molecular weight excluding hydrogens is 414 g/mol. The summed E-state index contributed by atoms with van der Waals surface area (Å²) < 4.78 is 32.7. The zero-order valence-electron chi connectivity index (χ0n) is 17.7. The summed E-state index contributed by atoms with van der Waals surface area (Å²) in [6, 6.07) is 10.9. The van der Waals surface area contributed by atoms with Crippen molar-refractivity contribution >= 4 is 28.4 Å². The average molecular weight is 436 g/mol. The van der Waals surface area contributed by atoms with Crippen LogP contribution in [-0.4, -0.2) is 34.4 Å². The summed E-state index contributed by atoms with van der Waals surface area (Å²) in [5, 5.41) is 1.00. The number of hydrogen-bond acceptors (Lipinski definition) is 3. The second-order valence-corrected chi connectivity index (χ2v) is 8.76. The topological polar surface area (TPSA) is 62.4 Å². The largest absolute Gasteiger partial charge is 0.459 e. The van der Waals surface area contributed by atoms with Gasteiger partial charge in [0, 0.05) is 34.6 Å². The number of nitrogens with zero attached hydrogens (tertiary/aromatic N) is 1. The molecule has 0 atom stereocenters. The second-order valence-electron chi connectivity index (χ2n) is 8.76. The first-order chi connectivity index (χ1) is 15.3. The lowest BCUT2D eigenvalue weighted by atomic mass is 9.91. The standard InChI is InChI=1S/C25H22F2N2O3/c1-14(2)32-24(31)17-12-29(23(30)15-7-8-18(26)19(27)11-15)13-25(9-10-25)21-16-5-3-4-6-20(16)28-22(17)21/h3-8,11-12,14,28H,9-10,13H2,1-2H3. The average Bonchev–Trinajstić information content (AvgIpc) is 3.45. The number of rotatable bonds is 3. The number of amides is 1. The van der Waals surface area contributed by atoms with E-state index in [0.717, 1.165) is 41.4 Å². The molecule has 1 N–H and O–H groups in total. The minimum absolute atomic E-state index is 0.0166. The maximum absolute atomic E-state index is 13.8. The molecule has 164 valence electrons. The summed E-state index contributed by atoms with van der Waals surface area (Å²) in [6.45, 7) is 3.85. The SMILES string of the molecule is CC(C)OC(=O)C1=CN(C(=O)c2ccc(F)c(F)c2)CC2(CC2)c2c1[nH]c1ccccc21. The maximum atomic E-state index is 13.8. The van der Waals surface area contributed by atoms with Crippen molar-refractivity contribution in [3.05, 3.63) is 77.1 Å². The van der Waals surface area contributed by atoms with Crippen LogP contribution >= 0.6 is 0 Å². The van der Waals surface area contributed by atoms with Crippen LogP contribution in [0.4, 0.5) is 8.78 Å². The number of esters is 1. The van der Waals surface area contributed by atoms with Gasteiger partial charge in [0.25, 0.3) is 5.91 Å². The quantitative estimate of drug-likeness (QED) is 0.593. The number of hydrogen-bond donors (Lipinski definition) is 1. The van der Waals surface area contributed by atoms with E-state index >= 15 is 0 Å². The van der Waals surface area contributed by atoms with Crippen molar-refractivity contribution in [2.45, 2.75) is 38.2 Å². The third-order valence-electron chi connectivity index (χ3n) is 6.11. The molecule has 0 radical (unpaired) electrons. The molecule has 1 saturated carbocycles. The van der Waals surface area contributed by atoms with Crippen LogP contribution in [0.5, 0.6) is 0 Å². The van der Waals surface area contributed by atoms with Crippen LogP contribution < -0.4 is 0 Å². The molecule has 2 aliphatic rings. The monoisotopic (exact) mass is 436 g/mol. The van der Waals surface area contributed by atoms with E-state index in [9.17, 15) is 18.4 Å². The zero-order valence-corrected chi connectivity index (χ0v) is 17.7. The van der Waals surface area contributed by atoms with Gasteiger partial charge in [0.05, 0.1) is 17.4 Å². The Kier molecular flexibility index (Phi) is 4.65. The number of carbonyl (C=O) groups is 2. The van der Waals surface area contributed by atoms with Crippen LogP contribution in [0.3, 0.4) is 0 Å². The lowest BCUT2D eigenvalue weighted by molar-refractivity contribution is -0.140. The van der Waals surface area contributed by atoms with Crippen molar-refractivity contribution in [1.29, 1.82) is 0 Å². The van der Waals surface area contributed by atoms with E-state index in [1.807, 2.05) is 24.3 Å². The van der Waals surface area contributed by atoms with Crippen LogP contribution in [0.2, 0.25) is 0 Å². The van der Waals surface area contributed by atoms with Crippen molar-refractivity contribution in [3.8, 4) is 0 Å². The smallest absolute Gasteiger partial charge is 0.342 e. The molecule has 1 fully saturated rings. The van der Waals surface area contributed by atoms with E-state index < -0.39 is 23.5 Å². The van der Waals surface area contributed by atoms with Gasteiger partial charge in [-0.15, -0.1) is 0 Å². The molecule has 1 spiro atoms. The highest BCUT2D eigenvalue weighted by molar-refractivity contribution is 6.18. The molecule has 0 unspecified atom stereocenters. The van der Waals surface area contributed by atoms with Crippen molar-refractivity contribution < 1.29 is 23.1 Å². The minimum atomic E-state index is -1.09. The van der Waals surface area contributed by atoms with Gasteiger partial charge in [-0.2, -0.15) is 0 Å². The van der Waals surface area contributed by atoms with E-state index in [-0.39, 0.29) is 22.7 Å². The number of benzene rings is 2. The van der Waals surface area contributed by atoms with E-state index in [0.29, 0.717) is 12.2 Å². The highest BCUT2D eigenvalue weighted by atomic mass is 19.2. The van der Waals surface area contributed by atoms with E-state index in [4.69, 9.17) is 4.74 Å². The van der Waals surface area contributed by atoms with Crippen molar-refractivity contribution in [1.82, 2.24) is 9.88 Å². The Hall–Kier alpha value is -3.48. The van der Waals surface area contributed by atoms with Gasteiger partial charge in [-0.3, -0.25) is 4.79 Å². The Morgan fingerprint density at radius 3 is 2.53 bits per heavy atom. The fourth-order valence-electron chi connectivity index (χ4n) is 4.48. The van der Waals surface area contributed by atoms with Crippen LogP contribution in [0.25, 0.3) is 16.5 Å².